The molecule has 2 rings (SSSR count). The summed E-state index contributed by atoms with van der Waals surface area (Å²) in [5.41, 5.74) is 8.52. The van der Waals surface area contributed by atoms with Crippen molar-refractivity contribution in [3.63, 3.8) is 0 Å². The smallest absolute Gasteiger partial charge is 0.122 e. The summed E-state index contributed by atoms with van der Waals surface area (Å²) in [6, 6.07) is 9.42. The molecule has 0 bridgehead atoms. The third-order valence-corrected chi connectivity index (χ3v) is 2.93. The minimum Gasteiger partial charge on any atom is -0.489 e. The standard InChI is InChI=1S/C14H15ClN2O/c1-10-7-12(15)4-5-14(10)18-9-11-3-2-6-17-13(11)8-16/h2-7H,8-9,16H2,1H3. The van der Waals surface area contributed by atoms with Gasteiger partial charge in [0.15, 0.2) is 0 Å². The number of rotatable bonds is 4. The Morgan fingerprint density at radius 1 is 1.33 bits per heavy atom. The second-order valence-electron chi connectivity index (χ2n) is 4.01. The van der Waals surface area contributed by atoms with Gasteiger partial charge in [0.2, 0.25) is 0 Å². The summed E-state index contributed by atoms with van der Waals surface area (Å²) in [5, 5.41) is 0.712. The maximum atomic E-state index is 5.90. The second kappa shape index (κ2) is 5.85. The minimum atomic E-state index is 0.416. The molecule has 0 radical (unpaired) electrons. The van der Waals surface area contributed by atoms with Crippen LogP contribution in [-0.2, 0) is 13.2 Å². The van der Waals surface area contributed by atoms with Crippen LogP contribution >= 0.6 is 11.6 Å². The quantitative estimate of drug-likeness (QED) is 0.921. The third-order valence-electron chi connectivity index (χ3n) is 2.70. The molecular weight excluding hydrogens is 248 g/mol. The van der Waals surface area contributed by atoms with E-state index < -0.39 is 0 Å². The molecule has 1 heterocycles. The lowest BCUT2D eigenvalue weighted by atomic mass is 10.2. The lowest BCUT2D eigenvalue weighted by Crippen LogP contribution is -2.07. The average molecular weight is 263 g/mol. The number of hydrogen-bond donors (Lipinski definition) is 1. The Morgan fingerprint density at radius 3 is 2.89 bits per heavy atom. The van der Waals surface area contributed by atoms with E-state index in [1.165, 1.54) is 0 Å². The molecule has 0 aliphatic carbocycles. The van der Waals surface area contributed by atoms with Crippen LogP contribution in [0.4, 0.5) is 0 Å². The fourth-order valence-electron chi connectivity index (χ4n) is 1.72. The molecule has 2 aromatic rings. The van der Waals surface area contributed by atoms with Gasteiger partial charge in [-0.3, -0.25) is 4.98 Å². The minimum absolute atomic E-state index is 0.416. The lowest BCUT2D eigenvalue weighted by Gasteiger charge is -2.11. The van der Waals surface area contributed by atoms with Crippen molar-refractivity contribution in [2.24, 2.45) is 5.73 Å². The zero-order valence-electron chi connectivity index (χ0n) is 10.2. The van der Waals surface area contributed by atoms with E-state index in [1.54, 1.807) is 6.20 Å². The zero-order valence-corrected chi connectivity index (χ0v) is 10.9. The maximum Gasteiger partial charge on any atom is 0.122 e. The van der Waals surface area contributed by atoms with Gasteiger partial charge in [-0.1, -0.05) is 17.7 Å². The van der Waals surface area contributed by atoms with Gasteiger partial charge in [-0.2, -0.15) is 0 Å². The fourth-order valence-corrected chi connectivity index (χ4v) is 1.94. The molecule has 94 valence electrons. The molecule has 1 aromatic heterocycles. The summed E-state index contributed by atoms with van der Waals surface area (Å²) in [5.74, 6) is 0.825. The topological polar surface area (TPSA) is 48.1 Å². The van der Waals surface area contributed by atoms with Gasteiger partial charge in [-0.15, -0.1) is 0 Å². The Bertz CT molecular complexity index is 543. The highest BCUT2D eigenvalue weighted by Crippen LogP contribution is 2.23. The van der Waals surface area contributed by atoms with E-state index in [4.69, 9.17) is 22.1 Å². The van der Waals surface area contributed by atoms with Crippen LogP contribution in [0.2, 0.25) is 5.02 Å². The number of hydrogen-bond acceptors (Lipinski definition) is 3. The van der Waals surface area contributed by atoms with Crippen LogP contribution in [-0.4, -0.2) is 4.98 Å². The average Bonchev–Trinajstić information content (AvgIpc) is 2.38. The Labute approximate surface area is 112 Å². The number of nitrogens with two attached hydrogens (primary N) is 1. The van der Waals surface area contributed by atoms with E-state index in [0.717, 1.165) is 22.6 Å². The SMILES string of the molecule is Cc1cc(Cl)ccc1OCc1cccnc1CN. The molecule has 4 heteroatoms. The highest BCUT2D eigenvalue weighted by Gasteiger charge is 2.04. The van der Waals surface area contributed by atoms with Gasteiger partial charge in [0.25, 0.3) is 0 Å². The lowest BCUT2D eigenvalue weighted by molar-refractivity contribution is 0.302. The summed E-state index contributed by atoms with van der Waals surface area (Å²) in [7, 11) is 0. The predicted octanol–water partition coefficient (Wildman–Crippen LogP) is 3.08. The first-order valence-corrected chi connectivity index (χ1v) is 6.10. The number of ether oxygens (including phenoxy) is 1. The Kier molecular flexibility index (Phi) is 4.18. The first kappa shape index (κ1) is 12.9. The van der Waals surface area contributed by atoms with Gasteiger partial charge < -0.3 is 10.5 Å². The van der Waals surface area contributed by atoms with E-state index >= 15 is 0 Å². The van der Waals surface area contributed by atoms with Gasteiger partial charge in [0, 0.05) is 23.3 Å². The van der Waals surface area contributed by atoms with Crippen molar-refractivity contribution in [1.82, 2.24) is 4.98 Å². The third kappa shape index (κ3) is 3.00. The molecule has 0 spiro atoms. The molecule has 0 unspecified atom stereocenters. The number of benzene rings is 1. The highest BCUT2D eigenvalue weighted by molar-refractivity contribution is 6.30. The number of aryl methyl sites for hydroxylation is 1. The van der Waals surface area contributed by atoms with Gasteiger partial charge in [-0.25, -0.2) is 0 Å². The van der Waals surface area contributed by atoms with Gasteiger partial charge >= 0.3 is 0 Å². The highest BCUT2D eigenvalue weighted by atomic mass is 35.5. The molecule has 0 amide bonds. The van der Waals surface area contributed by atoms with Crippen molar-refractivity contribution in [3.8, 4) is 5.75 Å². The van der Waals surface area contributed by atoms with Crippen LogP contribution in [0, 0.1) is 6.92 Å². The number of nitrogens with zero attached hydrogens (tertiary/aromatic N) is 1. The van der Waals surface area contributed by atoms with Crippen LogP contribution < -0.4 is 10.5 Å². The molecule has 18 heavy (non-hydrogen) atoms. The summed E-state index contributed by atoms with van der Waals surface area (Å²) in [4.78, 5) is 4.22. The maximum absolute atomic E-state index is 5.90. The zero-order chi connectivity index (χ0) is 13.0. The Morgan fingerprint density at radius 2 is 2.17 bits per heavy atom. The molecule has 2 N–H and O–H groups in total. The van der Waals surface area contributed by atoms with E-state index in [1.807, 2.05) is 37.3 Å². The van der Waals surface area contributed by atoms with Gasteiger partial charge in [0.1, 0.15) is 12.4 Å². The van der Waals surface area contributed by atoms with Crippen LogP contribution in [0.15, 0.2) is 36.5 Å². The molecule has 0 atom stereocenters. The first-order chi connectivity index (χ1) is 8.70. The van der Waals surface area contributed by atoms with Crippen molar-refractivity contribution in [2.75, 3.05) is 0 Å². The van der Waals surface area contributed by atoms with Crippen LogP contribution in [0.25, 0.3) is 0 Å². The van der Waals surface area contributed by atoms with E-state index in [-0.39, 0.29) is 0 Å². The van der Waals surface area contributed by atoms with Gasteiger partial charge in [0.05, 0.1) is 5.69 Å². The molecule has 0 saturated heterocycles. The molecule has 0 aliphatic rings. The largest absolute Gasteiger partial charge is 0.489 e. The molecule has 0 fully saturated rings. The Balaban J connectivity index is 2.11. The van der Waals surface area contributed by atoms with E-state index in [0.29, 0.717) is 18.2 Å². The predicted molar refractivity (Wildman–Crippen MR) is 72.6 cm³/mol. The van der Waals surface area contributed by atoms with Crippen LogP contribution in [0.5, 0.6) is 5.75 Å². The van der Waals surface area contributed by atoms with E-state index in [2.05, 4.69) is 4.98 Å². The van der Waals surface area contributed by atoms with Crippen molar-refractivity contribution in [1.29, 1.82) is 0 Å². The van der Waals surface area contributed by atoms with Gasteiger partial charge in [-0.05, 0) is 36.8 Å². The second-order valence-corrected chi connectivity index (χ2v) is 4.45. The number of aromatic nitrogens is 1. The normalized spacial score (nSPS) is 10.4. The molecule has 0 saturated carbocycles. The van der Waals surface area contributed by atoms with Crippen molar-refractivity contribution < 1.29 is 4.74 Å². The summed E-state index contributed by atoms with van der Waals surface area (Å²) < 4.78 is 5.77. The molecular formula is C14H15ClN2O. The fraction of sp³-hybridized carbons (Fsp3) is 0.214. The molecule has 0 aliphatic heterocycles. The number of pyridine rings is 1. The van der Waals surface area contributed by atoms with Crippen LogP contribution in [0.3, 0.4) is 0 Å². The summed E-state index contributed by atoms with van der Waals surface area (Å²) in [6.07, 6.45) is 1.74. The Hall–Kier alpha value is -1.58. The number of halogens is 1. The molecule has 1 aromatic carbocycles. The van der Waals surface area contributed by atoms with Crippen molar-refractivity contribution >= 4 is 11.6 Å². The molecule has 3 nitrogen and oxygen atoms in total. The summed E-state index contributed by atoms with van der Waals surface area (Å²) in [6.45, 7) is 2.84. The van der Waals surface area contributed by atoms with Crippen LogP contribution in [0.1, 0.15) is 16.8 Å². The monoisotopic (exact) mass is 262 g/mol. The summed E-state index contributed by atoms with van der Waals surface area (Å²) >= 11 is 5.90. The van der Waals surface area contributed by atoms with Crippen molar-refractivity contribution in [3.05, 3.63) is 58.4 Å². The van der Waals surface area contributed by atoms with E-state index in [9.17, 15) is 0 Å². The first-order valence-electron chi connectivity index (χ1n) is 5.72. The van der Waals surface area contributed by atoms with Crippen molar-refractivity contribution in [2.45, 2.75) is 20.1 Å².